The van der Waals surface area contributed by atoms with Crippen LogP contribution in [0.4, 0.5) is 0 Å². The van der Waals surface area contributed by atoms with E-state index in [1.807, 2.05) is 25.1 Å². The predicted octanol–water partition coefficient (Wildman–Crippen LogP) is 1.74. The molecule has 2 unspecified atom stereocenters. The molecule has 0 radical (unpaired) electrons. The topological polar surface area (TPSA) is 56.8 Å². The molecule has 1 saturated heterocycles. The van der Waals surface area contributed by atoms with Gasteiger partial charge in [-0.1, -0.05) is 13.0 Å². The highest BCUT2D eigenvalue weighted by Crippen LogP contribution is 2.39. The van der Waals surface area contributed by atoms with Crippen LogP contribution in [-0.4, -0.2) is 39.9 Å². The minimum Gasteiger partial charge on any atom is -0.493 e. The molecule has 1 aromatic rings. The van der Waals surface area contributed by atoms with Gasteiger partial charge in [0.1, 0.15) is 0 Å². The second-order valence-corrected chi connectivity index (χ2v) is 5.42. The zero-order chi connectivity index (χ0) is 15.5. The van der Waals surface area contributed by atoms with Crippen molar-refractivity contribution >= 4 is 5.97 Å². The van der Waals surface area contributed by atoms with E-state index < -0.39 is 0 Å². The summed E-state index contributed by atoms with van der Waals surface area (Å²) >= 11 is 0. The van der Waals surface area contributed by atoms with Gasteiger partial charge >= 0.3 is 5.97 Å². The number of esters is 1. The summed E-state index contributed by atoms with van der Waals surface area (Å²) in [6.45, 7) is 5.66. The fourth-order valence-corrected chi connectivity index (χ4v) is 2.91. The summed E-state index contributed by atoms with van der Waals surface area (Å²) in [5.41, 5.74) is 0.731. The van der Waals surface area contributed by atoms with Crippen LogP contribution in [0.15, 0.2) is 18.2 Å². The summed E-state index contributed by atoms with van der Waals surface area (Å²) in [6, 6.07) is 5.80. The van der Waals surface area contributed by atoms with Crippen LogP contribution < -0.4 is 14.8 Å². The molecule has 0 amide bonds. The Morgan fingerprint density at radius 3 is 2.67 bits per heavy atom. The molecule has 0 saturated carbocycles. The smallest absolute Gasteiger partial charge is 0.311 e. The molecule has 5 heteroatoms. The number of hydrogen-bond acceptors (Lipinski definition) is 5. The quantitative estimate of drug-likeness (QED) is 0.838. The number of hydrogen-bond donors (Lipinski definition) is 1. The van der Waals surface area contributed by atoms with Crippen molar-refractivity contribution in [3.8, 4) is 11.5 Å². The van der Waals surface area contributed by atoms with Gasteiger partial charge in [-0.05, 0) is 24.6 Å². The van der Waals surface area contributed by atoms with Crippen molar-refractivity contribution in [2.45, 2.75) is 19.3 Å². The average Bonchev–Trinajstić information content (AvgIpc) is 2.90. The molecule has 0 aliphatic carbocycles. The molecule has 1 N–H and O–H groups in total. The summed E-state index contributed by atoms with van der Waals surface area (Å²) < 4.78 is 15.8. The lowest BCUT2D eigenvalue weighted by atomic mass is 9.74. The number of benzene rings is 1. The first kappa shape index (κ1) is 15.6. The van der Waals surface area contributed by atoms with Crippen LogP contribution in [0, 0.1) is 5.92 Å². The maximum Gasteiger partial charge on any atom is 0.311 e. The molecule has 5 nitrogen and oxygen atoms in total. The van der Waals surface area contributed by atoms with E-state index in [1.54, 1.807) is 14.2 Å². The van der Waals surface area contributed by atoms with E-state index in [4.69, 9.17) is 14.2 Å². The molecule has 2 rings (SSSR count). The normalized spacial score (nSPS) is 24.7. The number of carbonyl (C=O) groups excluding carboxylic acids is 1. The highest BCUT2D eigenvalue weighted by atomic mass is 16.5. The van der Waals surface area contributed by atoms with Crippen LogP contribution >= 0.6 is 0 Å². The van der Waals surface area contributed by atoms with E-state index in [9.17, 15) is 4.79 Å². The van der Waals surface area contributed by atoms with E-state index in [1.165, 1.54) is 0 Å². The molecular formula is C16H23NO4. The maximum atomic E-state index is 12.2. The van der Waals surface area contributed by atoms with Crippen molar-refractivity contribution in [1.29, 1.82) is 0 Å². The Hall–Kier alpha value is -1.75. The number of carbonyl (C=O) groups is 1. The third-order valence-electron chi connectivity index (χ3n) is 4.22. The fraction of sp³-hybridized carbons (Fsp3) is 0.562. The van der Waals surface area contributed by atoms with E-state index in [0.717, 1.165) is 12.1 Å². The summed E-state index contributed by atoms with van der Waals surface area (Å²) in [4.78, 5) is 12.2. The van der Waals surface area contributed by atoms with Gasteiger partial charge < -0.3 is 19.5 Å². The molecule has 1 fully saturated rings. The second kappa shape index (κ2) is 6.35. The summed E-state index contributed by atoms with van der Waals surface area (Å²) in [7, 11) is 3.22. The van der Waals surface area contributed by atoms with Crippen molar-refractivity contribution in [1.82, 2.24) is 5.32 Å². The van der Waals surface area contributed by atoms with Crippen LogP contribution in [0.2, 0.25) is 0 Å². The second-order valence-electron chi connectivity index (χ2n) is 5.42. The molecule has 2 atom stereocenters. The lowest BCUT2D eigenvalue weighted by Crippen LogP contribution is -2.37. The molecular weight excluding hydrogens is 270 g/mol. The van der Waals surface area contributed by atoms with Crippen LogP contribution in [0.5, 0.6) is 11.5 Å². The first-order valence-corrected chi connectivity index (χ1v) is 7.16. The molecule has 1 aliphatic rings. The van der Waals surface area contributed by atoms with Crippen molar-refractivity contribution in [2.24, 2.45) is 5.92 Å². The number of rotatable bonds is 5. The Morgan fingerprint density at radius 2 is 2.05 bits per heavy atom. The van der Waals surface area contributed by atoms with Crippen LogP contribution in [0.25, 0.3) is 0 Å². The van der Waals surface area contributed by atoms with E-state index in [0.29, 0.717) is 24.7 Å². The first-order chi connectivity index (χ1) is 10.1. The maximum absolute atomic E-state index is 12.2. The van der Waals surface area contributed by atoms with Gasteiger partial charge in [-0.3, -0.25) is 4.79 Å². The van der Waals surface area contributed by atoms with Gasteiger partial charge in [0.05, 0.1) is 26.7 Å². The molecule has 0 aromatic heterocycles. The Kier molecular flexibility index (Phi) is 4.73. The minimum atomic E-state index is -0.314. The predicted molar refractivity (Wildman–Crippen MR) is 79.9 cm³/mol. The molecule has 1 aromatic carbocycles. The number of methoxy groups -OCH3 is 2. The van der Waals surface area contributed by atoms with Gasteiger partial charge in [-0.2, -0.15) is 0 Å². The lowest BCUT2D eigenvalue weighted by molar-refractivity contribution is -0.149. The van der Waals surface area contributed by atoms with Crippen LogP contribution in [0.3, 0.4) is 0 Å². The zero-order valence-corrected chi connectivity index (χ0v) is 13.1. The summed E-state index contributed by atoms with van der Waals surface area (Å²) in [6.07, 6.45) is 0. The molecule has 0 bridgehead atoms. The fourth-order valence-electron chi connectivity index (χ4n) is 2.91. The Labute approximate surface area is 125 Å². The van der Waals surface area contributed by atoms with Gasteiger partial charge in [0.15, 0.2) is 11.5 Å². The molecule has 1 heterocycles. The summed E-state index contributed by atoms with van der Waals surface area (Å²) in [5, 5.41) is 3.29. The van der Waals surface area contributed by atoms with Gasteiger partial charge in [-0.15, -0.1) is 0 Å². The van der Waals surface area contributed by atoms with Crippen molar-refractivity contribution in [3.05, 3.63) is 23.8 Å². The molecule has 0 spiro atoms. The zero-order valence-electron chi connectivity index (χ0n) is 13.1. The van der Waals surface area contributed by atoms with Crippen molar-refractivity contribution in [3.63, 3.8) is 0 Å². The molecule has 1 aliphatic heterocycles. The highest BCUT2D eigenvalue weighted by molar-refractivity contribution is 5.76. The number of nitrogens with one attached hydrogen (secondary N) is 1. The van der Waals surface area contributed by atoms with E-state index >= 15 is 0 Å². The highest BCUT2D eigenvalue weighted by Gasteiger charge is 2.45. The molecule has 116 valence electrons. The largest absolute Gasteiger partial charge is 0.493 e. The number of ether oxygens (including phenoxy) is 3. The minimum absolute atomic E-state index is 0.153. The van der Waals surface area contributed by atoms with E-state index in [2.05, 4.69) is 12.2 Å². The van der Waals surface area contributed by atoms with Gasteiger partial charge in [0.25, 0.3) is 0 Å². The standard InChI is InChI=1S/C16H23NO4/c1-5-21-15(18)12-9-17-10-16(12,2)11-6-7-13(19-3)14(8-11)20-4/h6-8,12,17H,5,9-10H2,1-4H3. The van der Waals surface area contributed by atoms with Crippen molar-refractivity contribution < 1.29 is 19.0 Å². The Morgan fingerprint density at radius 1 is 1.33 bits per heavy atom. The Bertz CT molecular complexity index is 517. The van der Waals surface area contributed by atoms with E-state index in [-0.39, 0.29) is 17.3 Å². The molecule has 21 heavy (non-hydrogen) atoms. The van der Waals surface area contributed by atoms with Gasteiger partial charge in [0.2, 0.25) is 0 Å². The van der Waals surface area contributed by atoms with Crippen molar-refractivity contribution in [2.75, 3.05) is 33.9 Å². The summed E-state index contributed by atoms with van der Waals surface area (Å²) in [5.74, 6) is 1.00. The van der Waals surface area contributed by atoms with Crippen LogP contribution in [-0.2, 0) is 14.9 Å². The SMILES string of the molecule is CCOC(=O)C1CNCC1(C)c1ccc(OC)c(OC)c1. The lowest BCUT2D eigenvalue weighted by Gasteiger charge is -2.30. The third-order valence-corrected chi connectivity index (χ3v) is 4.22. The van der Waals surface area contributed by atoms with Gasteiger partial charge in [0, 0.05) is 18.5 Å². The Balaban J connectivity index is 2.36. The monoisotopic (exact) mass is 293 g/mol. The average molecular weight is 293 g/mol. The van der Waals surface area contributed by atoms with Gasteiger partial charge in [-0.25, -0.2) is 0 Å². The van der Waals surface area contributed by atoms with Crippen LogP contribution in [0.1, 0.15) is 19.4 Å². The third kappa shape index (κ3) is 2.83. The first-order valence-electron chi connectivity index (χ1n) is 7.16.